The van der Waals surface area contributed by atoms with Crippen molar-refractivity contribution in [3.05, 3.63) is 0 Å². The first-order valence-corrected chi connectivity index (χ1v) is 10.8. The van der Waals surface area contributed by atoms with Gasteiger partial charge in [0.1, 0.15) is 12.7 Å². The highest BCUT2D eigenvalue weighted by Gasteiger charge is 2.23. The summed E-state index contributed by atoms with van der Waals surface area (Å²) in [5, 5.41) is 6.14. The van der Waals surface area contributed by atoms with Gasteiger partial charge in [-0.15, -0.1) is 5.92 Å². The largest absolute Gasteiger partial charge is 0.380 e. The van der Waals surface area contributed by atoms with E-state index in [9.17, 15) is 4.79 Å². The summed E-state index contributed by atoms with van der Waals surface area (Å²) < 4.78 is 11.6. The maximum Gasteiger partial charge on any atom is 0.246 e. The molecule has 1 amide bonds. The van der Waals surface area contributed by atoms with E-state index in [4.69, 9.17) is 9.47 Å². The predicted octanol–water partition coefficient (Wildman–Crippen LogP) is 3.77. The van der Waals surface area contributed by atoms with Crippen molar-refractivity contribution in [3.63, 3.8) is 0 Å². The van der Waals surface area contributed by atoms with Crippen LogP contribution in [-0.4, -0.2) is 52.0 Å². The van der Waals surface area contributed by atoms with Gasteiger partial charge in [-0.25, -0.2) is 0 Å². The smallest absolute Gasteiger partial charge is 0.246 e. The average molecular weight is 397 g/mol. The summed E-state index contributed by atoms with van der Waals surface area (Å²) in [6.07, 6.45) is 5.23. The number of hydrogen-bond donors (Lipinski definition) is 2. The number of carbonyl (C=O) groups excluding carboxylic acids is 1. The summed E-state index contributed by atoms with van der Waals surface area (Å²) in [5.74, 6) is 6.17. The van der Waals surface area contributed by atoms with Crippen LogP contribution < -0.4 is 10.6 Å². The number of amides is 1. The SMILES string of the molecule is CC.CNCC(C)(C)COCC(C)(C)CNC(=O)COC1C#CCCCCC1. The molecule has 1 unspecified atom stereocenters. The molecule has 0 fully saturated rings. The number of nitrogens with one attached hydrogen (secondary N) is 2. The third kappa shape index (κ3) is 14.0. The Morgan fingerprint density at radius 2 is 1.68 bits per heavy atom. The van der Waals surface area contributed by atoms with Crippen LogP contribution in [0.4, 0.5) is 0 Å². The first-order chi connectivity index (χ1) is 13.2. The molecule has 28 heavy (non-hydrogen) atoms. The molecule has 2 N–H and O–H groups in total. The Balaban J connectivity index is 0.00000352. The molecular formula is C23H44N2O3. The van der Waals surface area contributed by atoms with E-state index in [0.717, 1.165) is 25.8 Å². The highest BCUT2D eigenvalue weighted by atomic mass is 16.5. The topological polar surface area (TPSA) is 59.6 Å². The number of carbonyl (C=O) groups is 1. The molecule has 164 valence electrons. The Kier molecular flexibility index (Phi) is 14.3. The van der Waals surface area contributed by atoms with E-state index < -0.39 is 0 Å². The normalized spacial score (nSPS) is 17.3. The van der Waals surface area contributed by atoms with E-state index in [1.165, 1.54) is 12.8 Å². The molecule has 0 aliphatic heterocycles. The third-order valence-electron chi connectivity index (χ3n) is 4.35. The van der Waals surface area contributed by atoms with Crippen LogP contribution in [0, 0.1) is 22.7 Å². The minimum absolute atomic E-state index is 0.0749. The Labute approximate surface area is 173 Å². The van der Waals surface area contributed by atoms with Crippen LogP contribution in [0.3, 0.4) is 0 Å². The van der Waals surface area contributed by atoms with Gasteiger partial charge in [0.15, 0.2) is 0 Å². The molecule has 1 aliphatic rings. The molecule has 0 bridgehead atoms. The molecule has 1 atom stereocenters. The summed E-state index contributed by atoms with van der Waals surface area (Å²) in [6, 6.07) is 0. The highest BCUT2D eigenvalue weighted by molar-refractivity contribution is 5.77. The van der Waals surface area contributed by atoms with Crippen molar-refractivity contribution in [2.24, 2.45) is 10.8 Å². The van der Waals surface area contributed by atoms with Crippen LogP contribution >= 0.6 is 0 Å². The fourth-order valence-electron chi connectivity index (χ4n) is 2.85. The Bertz CT molecular complexity index is 478. The fourth-order valence-corrected chi connectivity index (χ4v) is 2.85. The van der Waals surface area contributed by atoms with E-state index in [0.29, 0.717) is 19.8 Å². The van der Waals surface area contributed by atoms with E-state index in [1.54, 1.807) is 0 Å². The molecule has 0 aromatic heterocycles. The summed E-state index contributed by atoms with van der Waals surface area (Å²) in [5.41, 5.74) is -0.0219. The van der Waals surface area contributed by atoms with E-state index >= 15 is 0 Å². The van der Waals surface area contributed by atoms with Gasteiger partial charge in [0.2, 0.25) is 5.91 Å². The first kappa shape index (κ1) is 26.9. The lowest BCUT2D eigenvalue weighted by Crippen LogP contribution is -2.40. The molecule has 1 rings (SSSR count). The highest BCUT2D eigenvalue weighted by Crippen LogP contribution is 2.18. The molecule has 1 aliphatic carbocycles. The first-order valence-electron chi connectivity index (χ1n) is 10.8. The van der Waals surface area contributed by atoms with Crippen molar-refractivity contribution in [1.29, 1.82) is 0 Å². The second-order valence-electron chi connectivity index (χ2n) is 8.85. The van der Waals surface area contributed by atoms with Crippen molar-refractivity contribution in [2.45, 2.75) is 79.8 Å². The van der Waals surface area contributed by atoms with Gasteiger partial charge in [-0.1, -0.05) is 53.9 Å². The molecule has 0 spiro atoms. The molecule has 5 heteroatoms. The second kappa shape index (κ2) is 14.8. The molecule has 0 radical (unpaired) electrons. The van der Waals surface area contributed by atoms with Crippen LogP contribution in [0.1, 0.15) is 73.6 Å². The zero-order chi connectivity index (χ0) is 21.5. The monoisotopic (exact) mass is 396 g/mol. The Hall–Kier alpha value is -1.09. The zero-order valence-corrected chi connectivity index (χ0v) is 19.4. The molecule has 0 aromatic rings. The Morgan fingerprint density at radius 1 is 1.04 bits per heavy atom. The van der Waals surface area contributed by atoms with Crippen molar-refractivity contribution in [1.82, 2.24) is 10.6 Å². The van der Waals surface area contributed by atoms with Gasteiger partial charge >= 0.3 is 0 Å². The summed E-state index contributed by atoms with van der Waals surface area (Å²) >= 11 is 0. The zero-order valence-electron chi connectivity index (χ0n) is 19.4. The molecule has 0 saturated carbocycles. The fraction of sp³-hybridized carbons (Fsp3) is 0.870. The summed E-state index contributed by atoms with van der Waals surface area (Å²) in [6.45, 7) is 15.4. The molecule has 0 heterocycles. The molecule has 0 aromatic carbocycles. The quantitative estimate of drug-likeness (QED) is 0.522. The van der Waals surface area contributed by atoms with Gasteiger partial charge < -0.3 is 20.1 Å². The lowest BCUT2D eigenvalue weighted by molar-refractivity contribution is -0.127. The standard InChI is InChI=1S/C21H38N2O3.C2H6/c1-20(2,14-22-5)16-25-17-21(3,4)15-23-19(24)13-26-18-11-9-7-6-8-10-12-18;1-2/h18,22H,6-9,11,13-17H2,1-5H3,(H,23,24);1-2H3. The van der Waals surface area contributed by atoms with Crippen molar-refractivity contribution in [3.8, 4) is 11.8 Å². The summed E-state index contributed by atoms with van der Waals surface area (Å²) in [4.78, 5) is 12.1. The van der Waals surface area contributed by atoms with E-state index in [-0.39, 0.29) is 29.4 Å². The van der Waals surface area contributed by atoms with Crippen LogP contribution in [0.5, 0.6) is 0 Å². The van der Waals surface area contributed by atoms with Crippen LogP contribution in [0.25, 0.3) is 0 Å². The third-order valence-corrected chi connectivity index (χ3v) is 4.35. The van der Waals surface area contributed by atoms with Crippen molar-refractivity contribution in [2.75, 3.05) is 40.0 Å². The van der Waals surface area contributed by atoms with E-state index in [2.05, 4.69) is 50.2 Å². The van der Waals surface area contributed by atoms with Crippen LogP contribution in [0.2, 0.25) is 0 Å². The maximum atomic E-state index is 12.1. The van der Waals surface area contributed by atoms with E-state index in [1.807, 2.05) is 20.9 Å². The van der Waals surface area contributed by atoms with Gasteiger partial charge in [0.25, 0.3) is 0 Å². The number of rotatable bonds is 11. The number of ether oxygens (including phenoxy) is 2. The van der Waals surface area contributed by atoms with Crippen molar-refractivity contribution < 1.29 is 14.3 Å². The van der Waals surface area contributed by atoms with Gasteiger partial charge in [-0.3, -0.25) is 4.79 Å². The predicted molar refractivity (Wildman–Crippen MR) is 117 cm³/mol. The van der Waals surface area contributed by atoms with Crippen molar-refractivity contribution >= 4 is 5.91 Å². The van der Waals surface area contributed by atoms with Gasteiger partial charge in [0, 0.05) is 30.3 Å². The molecule has 5 nitrogen and oxygen atoms in total. The second-order valence-corrected chi connectivity index (χ2v) is 8.85. The Morgan fingerprint density at radius 3 is 2.32 bits per heavy atom. The minimum Gasteiger partial charge on any atom is -0.380 e. The molecular weight excluding hydrogens is 352 g/mol. The average Bonchev–Trinajstić information content (AvgIpc) is 2.60. The van der Waals surface area contributed by atoms with Gasteiger partial charge in [0.05, 0.1) is 13.2 Å². The number of hydrogen-bond acceptors (Lipinski definition) is 4. The van der Waals surface area contributed by atoms with Gasteiger partial charge in [-0.05, 0) is 26.3 Å². The summed E-state index contributed by atoms with van der Waals surface area (Å²) in [7, 11) is 1.95. The van der Waals surface area contributed by atoms with Crippen LogP contribution in [-0.2, 0) is 14.3 Å². The van der Waals surface area contributed by atoms with Gasteiger partial charge in [-0.2, -0.15) is 0 Å². The maximum absolute atomic E-state index is 12.1. The van der Waals surface area contributed by atoms with Crippen LogP contribution in [0.15, 0.2) is 0 Å². The minimum atomic E-state index is -0.120. The lowest BCUT2D eigenvalue weighted by Gasteiger charge is -2.29. The molecule has 0 saturated heterocycles. The lowest BCUT2D eigenvalue weighted by atomic mass is 9.93.